The molecule has 0 atom stereocenters. The summed E-state index contributed by atoms with van der Waals surface area (Å²) >= 11 is 0. The van der Waals surface area contributed by atoms with E-state index in [-0.39, 0.29) is 22.8 Å². The molecule has 14 heavy (non-hydrogen) atoms. The van der Waals surface area contributed by atoms with E-state index in [1.807, 2.05) is 0 Å². The lowest BCUT2D eigenvalue weighted by Gasteiger charge is -2.11. The molecule has 4 heteroatoms. The highest BCUT2D eigenvalue weighted by atomic mass is 16.5. The van der Waals surface area contributed by atoms with Crippen LogP contribution in [-0.4, -0.2) is 27.5 Å². The molecule has 1 rings (SSSR count). The molecule has 0 N–H and O–H groups in total. The summed E-state index contributed by atoms with van der Waals surface area (Å²) in [5.41, 5.74) is 0.238. The lowest BCUT2D eigenvalue weighted by Crippen LogP contribution is -1.96. The minimum atomic E-state index is -2.63. The molecule has 0 saturated heterocycles. The van der Waals surface area contributed by atoms with Crippen LogP contribution >= 0.6 is 0 Å². The van der Waals surface area contributed by atoms with Crippen LogP contribution in [0.2, 0.25) is 0 Å². The monoisotopic (exact) mass is 199 g/mol. The maximum Gasteiger partial charge on any atom is 0.203 e. The SMILES string of the molecule is [2H]C([2H])([2H])Oc1cc(C=O)cc(OC)c1OC. The summed E-state index contributed by atoms with van der Waals surface area (Å²) in [4.78, 5) is 10.7. The predicted molar refractivity (Wildman–Crippen MR) is 51.5 cm³/mol. The second-order valence-corrected chi connectivity index (χ2v) is 2.47. The zero-order valence-corrected chi connectivity index (χ0v) is 7.87. The number of aldehydes is 1. The minimum absolute atomic E-state index is 0.0612. The van der Waals surface area contributed by atoms with Gasteiger partial charge in [0.25, 0.3) is 0 Å². The van der Waals surface area contributed by atoms with Crippen molar-refractivity contribution in [2.24, 2.45) is 0 Å². The van der Waals surface area contributed by atoms with E-state index in [9.17, 15) is 4.79 Å². The molecule has 0 amide bonds. The van der Waals surface area contributed by atoms with Crippen molar-refractivity contribution in [1.29, 1.82) is 0 Å². The second-order valence-electron chi connectivity index (χ2n) is 2.47. The fourth-order valence-electron chi connectivity index (χ4n) is 1.09. The van der Waals surface area contributed by atoms with Gasteiger partial charge in [-0.05, 0) is 12.1 Å². The van der Waals surface area contributed by atoms with Crippen LogP contribution < -0.4 is 14.2 Å². The Labute approximate surface area is 86.6 Å². The quantitative estimate of drug-likeness (QED) is 0.690. The lowest BCUT2D eigenvalue weighted by molar-refractivity contribution is 0.112. The second kappa shape index (κ2) is 4.50. The van der Waals surface area contributed by atoms with Crippen LogP contribution in [0.4, 0.5) is 0 Å². The van der Waals surface area contributed by atoms with E-state index in [1.165, 1.54) is 26.4 Å². The van der Waals surface area contributed by atoms with Gasteiger partial charge < -0.3 is 14.2 Å². The number of ether oxygens (including phenoxy) is 3. The first-order valence-corrected chi connectivity index (χ1v) is 3.81. The van der Waals surface area contributed by atoms with Crippen LogP contribution in [-0.2, 0) is 0 Å². The molecule has 0 saturated carbocycles. The topological polar surface area (TPSA) is 44.8 Å². The van der Waals surface area contributed by atoms with E-state index in [0.29, 0.717) is 6.29 Å². The summed E-state index contributed by atoms with van der Waals surface area (Å²) in [7, 11) is 0.107. The smallest absolute Gasteiger partial charge is 0.203 e. The molecule has 0 bridgehead atoms. The molecule has 0 fully saturated rings. The Morgan fingerprint density at radius 1 is 1.21 bits per heavy atom. The van der Waals surface area contributed by atoms with Gasteiger partial charge in [0, 0.05) is 5.56 Å². The van der Waals surface area contributed by atoms with E-state index >= 15 is 0 Å². The number of rotatable bonds is 4. The van der Waals surface area contributed by atoms with Gasteiger partial charge in [-0.1, -0.05) is 0 Å². The van der Waals surface area contributed by atoms with Gasteiger partial charge in [0.2, 0.25) is 5.75 Å². The van der Waals surface area contributed by atoms with Crippen molar-refractivity contribution >= 4 is 6.29 Å². The summed E-state index contributed by atoms with van der Waals surface area (Å²) in [6, 6.07) is 2.71. The summed E-state index contributed by atoms with van der Waals surface area (Å²) in [6.45, 7) is 0. The van der Waals surface area contributed by atoms with E-state index < -0.39 is 7.04 Å². The lowest BCUT2D eigenvalue weighted by atomic mass is 10.2. The van der Waals surface area contributed by atoms with Crippen LogP contribution in [0.1, 0.15) is 14.5 Å². The normalized spacial score (nSPS) is 13.4. The van der Waals surface area contributed by atoms with Crippen LogP contribution in [0.15, 0.2) is 12.1 Å². The summed E-state index contributed by atoms with van der Waals surface area (Å²) in [6.07, 6.45) is 0.564. The molecule has 0 radical (unpaired) electrons. The van der Waals surface area contributed by atoms with Crippen molar-refractivity contribution in [1.82, 2.24) is 0 Å². The molecule has 0 aliphatic carbocycles. The molecule has 0 unspecified atom stereocenters. The molecule has 0 aliphatic rings. The third kappa shape index (κ3) is 1.79. The minimum Gasteiger partial charge on any atom is -0.493 e. The summed E-state index contributed by atoms with van der Waals surface area (Å²) in [5, 5.41) is 0. The number of carbonyl (C=O) groups excluding carboxylic acids is 1. The van der Waals surface area contributed by atoms with Crippen LogP contribution in [0, 0.1) is 0 Å². The Bertz CT molecular complexity index is 415. The maximum absolute atomic E-state index is 10.7. The van der Waals surface area contributed by atoms with Gasteiger partial charge in [0.1, 0.15) is 6.29 Å². The molecule has 76 valence electrons. The van der Waals surface area contributed by atoms with Crippen molar-refractivity contribution in [2.75, 3.05) is 21.3 Å². The predicted octanol–water partition coefficient (Wildman–Crippen LogP) is 1.52. The maximum atomic E-state index is 10.7. The first kappa shape index (κ1) is 6.70. The van der Waals surface area contributed by atoms with Gasteiger partial charge in [-0.2, -0.15) is 0 Å². The molecular formula is C10H12O4. The summed E-state index contributed by atoms with van der Waals surface area (Å²) < 4.78 is 35.8. The Morgan fingerprint density at radius 2 is 1.86 bits per heavy atom. The van der Waals surface area contributed by atoms with Crippen LogP contribution in [0.25, 0.3) is 0 Å². The highest BCUT2D eigenvalue weighted by Crippen LogP contribution is 2.37. The molecular weight excluding hydrogens is 184 g/mol. The van der Waals surface area contributed by atoms with Gasteiger partial charge in [0.15, 0.2) is 11.5 Å². The zero-order chi connectivity index (χ0) is 13.1. The molecule has 0 aromatic heterocycles. The van der Waals surface area contributed by atoms with Gasteiger partial charge in [-0.25, -0.2) is 0 Å². The van der Waals surface area contributed by atoms with E-state index in [1.54, 1.807) is 0 Å². The number of hydrogen-bond acceptors (Lipinski definition) is 4. The third-order valence-electron chi connectivity index (χ3n) is 1.71. The average molecular weight is 199 g/mol. The highest BCUT2D eigenvalue weighted by molar-refractivity contribution is 5.78. The van der Waals surface area contributed by atoms with Gasteiger partial charge in [-0.15, -0.1) is 0 Å². The van der Waals surface area contributed by atoms with Crippen molar-refractivity contribution in [3.8, 4) is 17.2 Å². The molecule has 4 nitrogen and oxygen atoms in total. The van der Waals surface area contributed by atoms with Gasteiger partial charge >= 0.3 is 0 Å². The molecule has 1 aromatic rings. The Kier molecular flexibility index (Phi) is 2.16. The zero-order valence-electron chi connectivity index (χ0n) is 10.9. The first-order valence-electron chi connectivity index (χ1n) is 5.31. The van der Waals surface area contributed by atoms with Crippen LogP contribution in [0.5, 0.6) is 17.2 Å². The molecule has 0 spiro atoms. The number of hydrogen-bond donors (Lipinski definition) is 0. The fraction of sp³-hybridized carbons (Fsp3) is 0.300. The van der Waals surface area contributed by atoms with Crippen molar-refractivity contribution < 1.29 is 23.1 Å². The van der Waals surface area contributed by atoms with E-state index in [0.717, 1.165) is 0 Å². The largest absolute Gasteiger partial charge is 0.493 e. The van der Waals surface area contributed by atoms with Gasteiger partial charge in [-0.3, -0.25) is 4.79 Å². The van der Waals surface area contributed by atoms with E-state index in [2.05, 4.69) is 0 Å². The van der Waals surface area contributed by atoms with Crippen LogP contribution in [0.3, 0.4) is 0 Å². The Balaban J connectivity index is 3.29. The molecule has 0 heterocycles. The Hall–Kier alpha value is -1.71. The first-order chi connectivity index (χ1) is 7.91. The average Bonchev–Trinajstić information content (AvgIpc) is 2.25. The fourth-order valence-corrected chi connectivity index (χ4v) is 1.09. The Morgan fingerprint density at radius 3 is 2.29 bits per heavy atom. The number of carbonyl (C=O) groups is 1. The van der Waals surface area contributed by atoms with Crippen molar-refractivity contribution in [3.63, 3.8) is 0 Å². The molecule has 0 aliphatic heterocycles. The number of benzene rings is 1. The van der Waals surface area contributed by atoms with E-state index in [4.69, 9.17) is 18.3 Å². The number of methoxy groups -OCH3 is 3. The van der Waals surface area contributed by atoms with Gasteiger partial charge in [0.05, 0.1) is 25.4 Å². The standard InChI is InChI=1S/C10H12O4/c1-12-8-4-7(6-11)5-9(13-2)10(8)14-3/h4-6H,1-3H3/i1D3. The molecule has 1 aromatic carbocycles. The summed E-state index contributed by atoms with van der Waals surface area (Å²) in [5.74, 6) is 0.305. The highest BCUT2D eigenvalue weighted by Gasteiger charge is 2.12. The van der Waals surface area contributed by atoms with Crippen molar-refractivity contribution in [2.45, 2.75) is 0 Å². The third-order valence-corrected chi connectivity index (χ3v) is 1.71. The van der Waals surface area contributed by atoms with Crippen molar-refractivity contribution in [3.05, 3.63) is 17.7 Å².